The van der Waals surface area contributed by atoms with Crippen molar-refractivity contribution in [3.8, 4) is 22.5 Å². The highest BCUT2D eigenvalue weighted by Crippen LogP contribution is 2.25. The van der Waals surface area contributed by atoms with Crippen molar-refractivity contribution in [1.82, 2.24) is 25.1 Å². The monoisotopic (exact) mass is 408 g/mol. The van der Waals surface area contributed by atoms with Crippen molar-refractivity contribution >= 4 is 22.5 Å². The van der Waals surface area contributed by atoms with E-state index in [1.54, 1.807) is 29.2 Å². The van der Waals surface area contributed by atoms with Crippen LogP contribution in [0.4, 0.5) is 14.3 Å². The summed E-state index contributed by atoms with van der Waals surface area (Å²) in [6.45, 7) is 0.336. The highest BCUT2D eigenvalue weighted by molar-refractivity contribution is 7.14. The van der Waals surface area contributed by atoms with Gasteiger partial charge < -0.3 is 5.32 Å². The number of hydrogen-bond acceptors (Lipinski definition) is 5. The number of nitrogens with one attached hydrogen (secondary N) is 2. The molecule has 0 saturated heterocycles. The van der Waals surface area contributed by atoms with E-state index in [-0.39, 0.29) is 11.8 Å². The molecule has 0 atom stereocenters. The number of amides is 2. The third-order valence-corrected chi connectivity index (χ3v) is 4.90. The molecular formula is C20H17FN6OS. The minimum absolute atomic E-state index is 0.301. The molecule has 0 unspecified atom stereocenters. The predicted octanol–water partition coefficient (Wildman–Crippen LogP) is 4.07. The van der Waals surface area contributed by atoms with Gasteiger partial charge in [-0.25, -0.2) is 14.2 Å². The Balaban J connectivity index is 1.31. The molecule has 3 heterocycles. The summed E-state index contributed by atoms with van der Waals surface area (Å²) in [7, 11) is 1.85. The SMILES string of the molecule is Cn1cc(-c2ccc(CNC(=O)Nc3nc(-c4ccc(F)cc4)cs3)cn2)cn1. The molecule has 0 radical (unpaired) electrons. The van der Waals surface area contributed by atoms with Crippen LogP contribution in [0.25, 0.3) is 22.5 Å². The second-order valence-electron chi connectivity index (χ2n) is 6.31. The molecule has 7 nitrogen and oxygen atoms in total. The van der Waals surface area contributed by atoms with E-state index in [1.807, 2.05) is 30.8 Å². The van der Waals surface area contributed by atoms with E-state index in [2.05, 4.69) is 25.7 Å². The van der Waals surface area contributed by atoms with E-state index < -0.39 is 0 Å². The molecule has 0 bridgehead atoms. The predicted molar refractivity (Wildman–Crippen MR) is 110 cm³/mol. The molecule has 4 aromatic rings. The maximum Gasteiger partial charge on any atom is 0.321 e. The number of aromatic nitrogens is 4. The molecule has 0 aliphatic heterocycles. The van der Waals surface area contributed by atoms with Gasteiger partial charge in [-0.1, -0.05) is 6.07 Å². The summed E-state index contributed by atoms with van der Waals surface area (Å²) in [6.07, 6.45) is 5.36. The summed E-state index contributed by atoms with van der Waals surface area (Å²) in [5.41, 5.74) is 4.10. The molecule has 0 saturated carbocycles. The highest BCUT2D eigenvalue weighted by Gasteiger charge is 2.09. The molecule has 0 aliphatic rings. The minimum Gasteiger partial charge on any atom is -0.334 e. The number of carbonyl (C=O) groups is 1. The number of nitrogens with zero attached hydrogens (tertiary/aromatic N) is 4. The van der Waals surface area contributed by atoms with E-state index in [0.717, 1.165) is 22.4 Å². The van der Waals surface area contributed by atoms with Gasteiger partial charge in [0.1, 0.15) is 5.82 Å². The van der Waals surface area contributed by atoms with Crippen LogP contribution < -0.4 is 10.6 Å². The molecule has 0 spiro atoms. The van der Waals surface area contributed by atoms with Crippen LogP contribution in [-0.2, 0) is 13.6 Å². The Bertz CT molecular complexity index is 1120. The minimum atomic E-state index is -0.360. The first-order valence-corrected chi connectivity index (χ1v) is 9.65. The fraction of sp³-hybridized carbons (Fsp3) is 0.100. The zero-order valence-corrected chi connectivity index (χ0v) is 16.3. The van der Waals surface area contributed by atoms with Gasteiger partial charge in [0.05, 0.1) is 17.6 Å². The molecule has 2 amide bonds. The van der Waals surface area contributed by atoms with Gasteiger partial charge in [0.15, 0.2) is 5.13 Å². The molecular weight excluding hydrogens is 391 g/mol. The van der Waals surface area contributed by atoms with E-state index >= 15 is 0 Å². The van der Waals surface area contributed by atoms with Crippen LogP contribution in [0.5, 0.6) is 0 Å². The van der Waals surface area contributed by atoms with Gasteiger partial charge in [0, 0.05) is 42.5 Å². The van der Waals surface area contributed by atoms with Crippen molar-refractivity contribution in [3.63, 3.8) is 0 Å². The van der Waals surface area contributed by atoms with Gasteiger partial charge in [0.2, 0.25) is 0 Å². The summed E-state index contributed by atoms with van der Waals surface area (Å²) >= 11 is 1.30. The normalized spacial score (nSPS) is 10.7. The van der Waals surface area contributed by atoms with Crippen molar-refractivity contribution in [2.45, 2.75) is 6.54 Å². The largest absolute Gasteiger partial charge is 0.334 e. The molecule has 0 aliphatic carbocycles. The molecule has 2 N–H and O–H groups in total. The number of thiazole rings is 1. The summed E-state index contributed by atoms with van der Waals surface area (Å²) in [6, 6.07) is 9.49. The van der Waals surface area contributed by atoms with Gasteiger partial charge in [-0.05, 0) is 35.9 Å². The first-order valence-electron chi connectivity index (χ1n) is 8.77. The van der Waals surface area contributed by atoms with Crippen molar-refractivity contribution in [3.05, 3.63) is 71.7 Å². The van der Waals surface area contributed by atoms with Gasteiger partial charge in [-0.3, -0.25) is 15.0 Å². The smallest absolute Gasteiger partial charge is 0.321 e. The topological polar surface area (TPSA) is 84.7 Å². The zero-order valence-electron chi connectivity index (χ0n) is 15.5. The Labute approximate surface area is 170 Å². The number of carbonyl (C=O) groups excluding carboxylic acids is 1. The fourth-order valence-electron chi connectivity index (χ4n) is 2.66. The number of pyridine rings is 1. The summed E-state index contributed by atoms with van der Waals surface area (Å²) < 4.78 is 14.7. The Morgan fingerprint density at radius 2 is 1.93 bits per heavy atom. The molecule has 4 rings (SSSR count). The zero-order chi connectivity index (χ0) is 20.2. The van der Waals surface area contributed by atoms with Gasteiger partial charge in [-0.2, -0.15) is 5.10 Å². The standard InChI is InChI=1S/C20H17FN6OS/c1-27-11-15(10-24-27)17-7-2-13(8-22-17)9-23-19(28)26-20-25-18(12-29-20)14-3-5-16(21)6-4-14/h2-8,10-12H,9H2,1H3,(H2,23,25,26,28). The lowest BCUT2D eigenvalue weighted by Gasteiger charge is -2.06. The second kappa shape index (κ2) is 8.19. The van der Waals surface area contributed by atoms with Gasteiger partial charge in [-0.15, -0.1) is 11.3 Å². The van der Waals surface area contributed by atoms with Gasteiger partial charge in [0.25, 0.3) is 0 Å². The molecule has 3 aromatic heterocycles. The van der Waals surface area contributed by atoms with E-state index in [1.165, 1.54) is 23.5 Å². The van der Waals surface area contributed by atoms with E-state index in [4.69, 9.17) is 0 Å². The average molecular weight is 408 g/mol. The molecule has 146 valence electrons. The van der Waals surface area contributed by atoms with Crippen molar-refractivity contribution < 1.29 is 9.18 Å². The number of halogens is 1. The summed E-state index contributed by atoms with van der Waals surface area (Å²) in [5.74, 6) is -0.301. The van der Waals surface area contributed by atoms with E-state index in [0.29, 0.717) is 17.4 Å². The Hall–Kier alpha value is -3.59. The number of aryl methyl sites for hydroxylation is 1. The first kappa shape index (κ1) is 18.8. The summed E-state index contributed by atoms with van der Waals surface area (Å²) in [5, 5.41) is 11.9. The first-order chi connectivity index (χ1) is 14.1. The lowest BCUT2D eigenvalue weighted by Crippen LogP contribution is -2.28. The van der Waals surface area contributed by atoms with E-state index in [9.17, 15) is 9.18 Å². The lowest BCUT2D eigenvalue weighted by molar-refractivity contribution is 0.251. The van der Waals surface area contributed by atoms with Crippen LogP contribution in [-0.4, -0.2) is 25.8 Å². The number of rotatable bonds is 5. The number of hydrogen-bond donors (Lipinski definition) is 2. The summed E-state index contributed by atoms with van der Waals surface area (Å²) in [4.78, 5) is 20.9. The maximum absolute atomic E-state index is 13.0. The highest BCUT2D eigenvalue weighted by atomic mass is 32.1. The lowest BCUT2D eigenvalue weighted by atomic mass is 10.2. The number of anilines is 1. The third kappa shape index (κ3) is 4.64. The van der Waals surface area contributed by atoms with Crippen LogP contribution in [0.15, 0.2) is 60.4 Å². The van der Waals surface area contributed by atoms with Crippen molar-refractivity contribution in [2.24, 2.45) is 7.05 Å². The third-order valence-electron chi connectivity index (χ3n) is 4.14. The van der Waals surface area contributed by atoms with Crippen LogP contribution >= 0.6 is 11.3 Å². The Morgan fingerprint density at radius 3 is 2.62 bits per heavy atom. The van der Waals surface area contributed by atoms with Gasteiger partial charge >= 0.3 is 6.03 Å². The Kier molecular flexibility index (Phi) is 5.30. The quantitative estimate of drug-likeness (QED) is 0.521. The van der Waals surface area contributed by atoms with Crippen LogP contribution in [0.2, 0.25) is 0 Å². The van der Waals surface area contributed by atoms with Crippen LogP contribution in [0.1, 0.15) is 5.56 Å². The molecule has 29 heavy (non-hydrogen) atoms. The van der Waals surface area contributed by atoms with Crippen molar-refractivity contribution in [2.75, 3.05) is 5.32 Å². The van der Waals surface area contributed by atoms with Crippen LogP contribution in [0.3, 0.4) is 0 Å². The molecule has 1 aromatic carbocycles. The molecule has 9 heteroatoms. The second-order valence-corrected chi connectivity index (χ2v) is 7.16. The number of urea groups is 1. The van der Waals surface area contributed by atoms with Crippen molar-refractivity contribution in [1.29, 1.82) is 0 Å². The number of benzene rings is 1. The average Bonchev–Trinajstić information content (AvgIpc) is 3.37. The fourth-order valence-corrected chi connectivity index (χ4v) is 3.38. The molecule has 0 fully saturated rings. The van der Waals surface area contributed by atoms with Crippen LogP contribution in [0, 0.1) is 5.82 Å². The maximum atomic E-state index is 13.0. The Morgan fingerprint density at radius 1 is 1.10 bits per heavy atom.